The summed E-state index contributed by atoms with van der Waals surface area (Å²) in [5.74, 6) is -0.659. The molecule has 0 bridgehead atoms. The van der Waals surface area contributed by atoms with E-state index in [1.807, 2.05) is 0 Å². The minimum Gasteiger partial charge on any atom is -0.481 e. The lowest BCUT2D eigenvalue weighted by atomic mass is 10.1. The van der Waals surface area contributed by atoms with Gasteiger partial charge in [-0.05, 0) is 31.4 Å². The van der Waals surface area contributed by atoms with Gasteiger partial charge in [0, 0.05) is 26.2 Å². The van der Waals surface area contributed by atoms with E-state index in [1.54, 1.807) is 29.2 Å². The summed E-state index contributed by atoms with van der Waals surface area (Å²) in [5, 5.41) is 8.91. The van der Waals surface area contributed by atoms with Gasteiger partial charge in [0.2, 0.25) is 0 Å². The Morgan fingerprint density at radius 1 is 1.43 bits per heavy atom. The summed E-state index contributed by atoms with van der Waals surface area (Å²) in [6.45, 7) is -5.66. The Morgan fingerprint density at radius 3 is 2.83 bits per heavy atom. The maximum absolute atomic E-state index is 10.9. The van der Waals surface area contributed by atoms with Crippen LogP contribution in [0.15, 0.2) is 52.5 Å². The maximum atomic E-state index is 10.9. The minimum absolute atomic E-state index is 0.107. The van der Waals surface area contributed by atoms with Gasteiger partial charge in [0.15, 0.2) is 0 Å². The van der Waals surface area contributed by atoms with Gasteiger partial charge in [0.05, 0.1) is 30.6 Å². The van der Waals surface area contributed by atoms with E-state index in [4.69, 9.17) is 19.1 Å². The highest BCUT2D eigenvalue weighted by Crippen LogP contribution is 2.32. The van der Waals surface area contributed by atoms with Gasteiger partial charge in [0.1, 0.15) is 5.82 Å². The van der Waals surface area contributed by atoms with E-state index in [9.17, 15) is 4.79 Å². The van der Waals surface area contributed by atoms with E-state index in [0.717, 1.165) is 0 Å². The average Bonchev–Trinajstić information content (AvgIpc) is 3.05. The van der Waals surface area contributed by atoms with E-state index < -0.39 is 25.7 Å². The number of allylic oxidation sites excluding steroid dienone is 1. The zero-order chi connectivity index (χ0) is 21.6. The maximum Gasteiger partial charge on any atom is 0.307 e. The van der Waals surface area contributed by atoms with Crippen molar-refractivity contribution >= 4 is 17.9 Å². The number of nitrogens with two attached hydrogens (primary N) is 1. The van der Waals surface area contributed by atoms with Crippen molar-refractivity contribution in [1.82, 2.24) is 4.90 Å². The SMILES string of the molecule is [2H]C([2H])([2H])C(N1CN(c2ccc(CC(=O)O)cc2)C(N)=C2C=NC=C21)C([2H])([2H])[2H]. The van der Waals surface area contributed by atoms with Crippen LogP contribution in [0.25, 0.3) is 0 Å². The van der Waals surface area contributed by atoms with Gasteiger partial charge in [-0.3, -0.25) is 9.79 Å². The summed E-state index contributed by atoms with van der Waals surface area (Å²) in [4.78, 5) is 17.8. The van der Waals surface area contributed by atoms with Crippen LogP contribution in [-0.4, -0.2) is 34.9 Å². The molecule has 2 aliphatic rings. The number of aliphatic carboxylic acids is 1. The first-order valence-corrected chi connectivity index (χ1v) is 6.98. The molecule has 0 aliphatic carbocycles. The zero-order valence-electron chi connectivity index (χ0n) is 18.2. The lowest BCUT2D eigenvalue weighted by Gasteiger charge is -2.41. The van der Waals surface area contributed by atoms with Crippen LogP contribution >= 0.6 is 0 Å². The van der Waals surface area contributed by atoms with Crippen molar-refractivity contribution in [1.29, 1.82) is 0 Å². The second kappa shape index (κ2) is 5.79. The molecule has 6 heteroatoms. The second-order valence-corrected chi connectivity index (χ2v) is 5.27. The fourth-order valence-corrected chi connectivity index (χ4v) is 2.60. The molecule has 0 saturated heterocycles. The molecule has 0 saturated carbocycles. The van der Waals surface area contributed by atoms with Crippen LogP contribution in [0, 0.1) is 0 Å². The van der Waals surface area contributed by atoms with Gasteiger partial charge in [-0.2, -0.15) is 0 Å². The van der Waals surface area contributed by atoms with Crippen LogP contribution in [0.4, 0.5) is 5.69 Å². The van der Waals surface area contributed by atoms with Gasteiger partial charge in [-0.15, -0.1) is 0 Å². The van der Waals surface area contributed by atoms with Crippen LogP contribution in [0.3, 0.4) is 0 Å². The first-order chi connectivity index (χ1) is 13.4. The highest BCUT2D eigenvalue weighted by molar-refractivity contribution is 5.90. The molecule has 0 atom stereocenters. The lowest BCUT2D eigenvalue weighted by Crippen LogP contribution is -2.47. The molecule has 23 heavy (non-hydrogen) atoms. The highest BCUT2D eigenvalue weighted by atomic mass is 16.4. The number of hydrogen-bond donors (Lipinski definition) is 2. The third-order valence-electron chi connectivity index (χ3n) is 3.76. The van der Waals surface area contributed by atoms with Gasteiger partial charge in [-0.1, -0.05) is 12.1 Å². The Kier molecular flexibility index (Phi) is 2.37. The zero-order valence-corrected chi connectivity index (χ0v) is 12.2. The van der Waals surface area contributed by atoms with Crippen LogP contribution in [0.2, 0.25) is 0 Å². The van der Waals surface area contributed by atoms with Crippen molar-refractivity contribution in [3.63, 3.8) is 0 Å². The van der Waals surface area contributed by atoms with Gasteiger partial charge in [-0.25, -0.2) is 0 Å². The van der Waals surface area contributed by atoms with Crippen LogP contribution in [0.1, 0.15) is 27.5 Å². The molecule has 0 unspecified atom stereocenters. The number of rotatable bonds is 4. The number of carboxylic acids is 1. The molecule has 1 aromatic rings. The Morgan fingerprint density at radius 2 is 2.17 bits per heavy atom. The molecule has 0 radical (unpaired) electrons. The van der Waals surface area contributed by atoms with Crippen LogP contribution < -0.4 is 10.6 Å². The molecule has 2 aliphatic heterocycles. The Hall–Kier alpha value is -2.76. The molecule has 2 heterocycles. The fourth-order valence-electron chi connectivity index (χ4n) is 2.60. The smallest absolute Gasteiger partial charge is 0.307 e. The van der Waals surface area contributed by atoms with E-state index in [2.05, 4.69) is 4.99 Å². The summed E-state index contributed by atoms with van der Waals surface area (Å²) in [5.41, 5.74) is 8.21. The molecule has 1 aromatic carbocycles. The number of anilines is 1. The normalized spacial score (nSPS) is 21.9. The Bertz CT molecular complexity index is 888. The molecular weight excluding hydrogens is 292 g/mol. The molecule has 120 valence electrons. The number of fused-ring (bicyclic) bond motifs is 1. The monoisotopic (exact) mass is 318 g/mol. The van der Waals surface area contributed by atoms with E-state index in [-0.39, 0.29) is 13.1 Å². The fraction of sp³-hybridized carbons (Fsp3) is 0.294. The number of aliphatic imine (C=N–C) groups is 1. The summed E-state index contributed by atoms with van der Waals surface area (Å²) < 4.78 is 46.7. The summed E-state index contributed by atoms with van der Waals surface area (Å²) in [6, 6.07) is 4.82. The van der Waals surface area contributed by atoms with Crippen molar-refractivity contribution in [3.8, 4) is 0 Å². The second-order valence-electron chi connectivity index (χ2n) is 5.27. The predicted molar refractivity (Wildman–Crippen MR) is 89.9 cm³/mol. The predicted octanol–water partition coefficient (Wildman–Crippen LogP) is 1.90. The molecule has 0 fully saturated rings. The van der Waals surface area contributed by atoms with Gasteiger partial charge >= 0.3 is 5.97 Å². The average molecular weight is 318 g/mol. The molecule has 3 N–H and O–H groups in total. The third kappa shape index (κ3) is 2.79. The largest absolute Gasteiger partial charge is 0.481 e. The van der Waals surface area contributed by atoms with Crippen molar-refractivity contribution in [3.05, 3.63) is 53.1 Å². The number of carboxylic acid groups (broad SMARTS) is 1. The standard InChI is InChI=1S/C17H20N4O2/c1-11(2)20-10-21(17(18)14-8-19-9-15(14)20)13-5-3-12(4-6-13)7-16(22)23/h3-6,8-9,11H,7,10,18H2,1-2H3,(H,22,23)/i1D3,2D3. The molecular formula is C17H20N4O2. The molecule has 6 nitrogen and oxygen atoms in total. The first-order valence-electron chi connectivity index (χ1n) is 9.98. The number of benzene rings is 1. The van der Waals surface area contributed by atoms with E-state index in [0.29, 0.717) is 28.3 Å². The number of nitrogens with zero attached hydrogens (tertiary/aromatic N) is 3. The summed E-state index contributed by atoms with van der Waals surface area (Å²) in [7, 11) is 0. The Balaban J connectivity index is 2.02. The molecule has 0 amide bonds. The Labute approximate surface area is 143 Å². The summed E-state index contributed by atoms with van der Waals surface area (Å²) in [6.07, 6.45) is 2.72. The van der Waals surface area contributed by atoms with Crippen LogP contribution in [-0.2, 0) is 11.2 Å². The minimum atomic E-state index is -2.77. The van der Waals surface area contributed by atoms with Gasteiger partial charge < -0.3 is 20.6 Å². The van der Waals surface area contributed by atoms with Crippen molar-refractivity contribution in [2.45, 2.75) is 26.2 Å². The third-order valence-corrected chi connectivity index (χ3v) is 3.76. The van der Waals surface area contributed by atoms with Crippen molar-refractivity contribution < 1.29 is 18.1 Å². The van der Waals surface area contributed by atoms with E-state index in [1.165, 1.54) is 17.3 Å². The van der Waals surface area contributed by atoms with Crippen molar-refractivity contribution in [2.75, 3.05) is 11.6 Å². The summed E-state index contributed by atoms with van der Waals surface area (Å²) >= 11 is 0. The number of carbonyl (C=O) groups is 1. The quantitative estimate of drug-likeness (QED) is 0.886. The molecule has 0 aromatic heterocycles. The highest BCUT2D eigenvalue weighted by Gasteiger charge is 2.30. The lowest BCUT2D eigenvalue weighted by molar-refractivity contribution is -0.136. The number of hydrogen-bond acceptors (Lipinski definition) is 5. The van der Waals surface area contributed by atoms with E-state index >= 15 is 0 Å². The van der Waals surface area contributed by atoms with Gasteiger partial charge in [0.25, 0.3) is 0 Å². The van der Waals surface area contributed by atoms with Crippen molar-refractivity contribution in [2.24, 2.45) is 10.7 Å². The molecule has 0 spiro atoms. The molecule has 3 rings (SSSR count). The van der Waals surface area contributed by atoms with Crippen LogP contribution in [0.5, 0.6) is 0 Å². The topological polar surface area (TPSA) is 82.2 Å². The first kappa shape index (κ1) is 9.39.